The fraction of sp³-hybridized carbons (Fsp3) is 0.250. The number of hydrogen-bond donors (Lipinski definition) is 0. The van der Waals surface area contributed by atoms with Gasteiger partial charge in [-0.15, -0.1) is 0 Å². The Kier molecular flexibility index (Phi) is 5.74. The number of carbonyl (C=O) groups excluding carboxylic acids is 2. The highest BCUT2D eigenvalue weighted by molar-refractivity contribution is 7.98. The van der Waals surface area contributed by atoms with Gasteiger partial charge in [-0.2, -0.15) is 0 Å². The Bertz CT molecular complexity index is 735. The zero-order valence-electron chi connectivity index (χ0n) is 12.9. The van der Waals surface area contributed by atoms with Crippen molar-refractivity contribution >= 4 is 35.1 Å². The molecule has 1 heterocycles. The smallest absolute Gasteiger partial charge is 0.359 e. The van der Waals surface area contributed by atoms with Crippen molar-refractivity contribution in [2.75, 3.05) is 6.26 Å². The number of Topliss-reactive ketones (excluding diaryl/α,β-unsaturated/α-hetero) is 1. The van der Waals surface area contributed by atoms with Gasteiger partial charge in [0.25, 0.3) is 0 Å². The van der Waals surface area contributed by atoms with Crippen molar-refractivity contribution < 1.29 is 14.3 Å². The molecule has 0 saturated heterocycles. The first-order valence-corrected chi connectivity index (χ1v) is 8.41. The first kappa shape index (κ1) is 17.4. The summed E-state index contributed by atoms with van der Waals surface area (Å²) in [5.41, 5.74) is 1.48. The van der Waals surface area contributed by atoms with E-state index >= 15 is 0 Å². The number of hydrogen-bond acceptors (Lipinski definition) is 6. The highest BCUT2D eigenvalue weighted by atomic mass is 35.5. The van der Waals surface area contributed by atoms with Crippen LogP contribution in [0.2, 0.25) is 5.02 Å². The molecule has 1 aromatic heterocycles. The lowest BCUT2D eigenvalue weighted by Crippen LogP contribution is -2.25. The summed E-state index contributed by atoms with van der Waals surface area (Å²) in [6.07, 6.45) is 2.18. The van der Waals surface area contributed by atoms with Crippen LogP contribution >= 0.6 is 23.4 Å². The Morgan fingerprint density at radius 1 is 1.26 bits per heavy atom. The fourth-order valence-corrected chi connectivity index (χ4v) is 2.32. The van der Waals surface area contributed by atoms with Crippen molar-refractivity contribution in [3.63, 3.8) is 0 Å². The second-order valence-corrected chi connectivity index (χ2v) is 6.01. The minimum atomic E-state index is -0.936. The van der Waals surface area contributed by atoms with Gasteiger partial charge in [0.05, 0.1) is 11.2 Å². The van der Waals surface area contributed by atoms with E-state index in [1.807, 2.05) is 19.1 Å². The standard InChI is InChI=1S/C16H15ClN2O3S/c1-9-4-6-11(7-5-9)14(20)10(2)22-15(21)13-12(17)8-18-16(19-13)23-3/h4-8,10H,1-3H3. The van der Waals surface area contributed by atoms with Gasteiger partial charge in [0.15, 0.2) is 17.0 Å². The van der Waals surface area contributed by atoms with Crippen LogP contribution in [0.4, 0.5) is 0 Å². The molecule has 0 aliphatic rings. The first-order chi connectivity index (χ1) is 10.9. The predicted octanol–water partition coefficient (Wildman–Crippen LogP) is 3.59. The van der Waals surface area contributed by atoms with E-state index in [4.69, 9.17) is 16.3 Å². The maximum absolute atomic E-state index is 12.3. The summed E-state index contributed by atoms with van der Waals surface area (Å²) in [4.78, 5) is 32.4. The summed E-state index contributed by atoms with van der Waals surface area (Å²) >= 11 is 7.20. The van der Waals surface area contributed by atoms with Crippen molar-refractivity contribution in [1.82, 2.24) is 9.97 Å². The Labute approximate surface area is 143 Å². The average molecular weight is 351 g/mol. The third-order valence-corrected chi connectivity index (χ3v) is 3.93. The van der Waals surface area contributed by atoms with Gasteiger partial charge in [-0.3, -0.25) is 4.79 Å². The highest BCUT2D eigenvalue weighted by Gasteiger charge is 2.23. The van der Waals surface area contributed by atoms with Crippen molar-refractivity contribution in [3.05, 3.63) is 52.3 Å². The molecule has 1 atom stereocenters. The number of aryl methyl sites for hydroxylation is 1. The van der Waals surface area contributed by atoms with E-state index in [2.05, 4.69) is 9.97 Å². The molecule has 7 heteroatoms. The Balaban J connectivity index is 2.13. The second kappa shape index (κ2) is 7.57. The monoisotopic (exact) mass is 350 g/mol. The van der Waals surface area contributed by atoms with Gasteiger partial charge in [0.2, 0.25) is 5.78 Å². The van der Waals surface area contributed by atoms with Gasteiger partial charge in [-0.1, -0.05) is 53.2 Å². The average Bonchev–Trinajstić information content (AvgIpc) is 2.55. The molecule has 1 aromatic carbocycles. The lowest BCUT2D eigenvalue weighted by molar-refractivity contribution is 0.0312. The van der Waals surface area contributed by atoms with E-state index in [1.54, 1.807) is 18.4 Å². The summed E-state index contributed by atoms with van der Waals surface area (Å²) in [5.74, 6) is -1.03. The molecule has 2 rings (SSSR count). The minimum Gasteiger partial charge on any atom is -0.449 e. The second-order valence-electron chi connectivity index (χ2n) is 4.83. The van der Waals surface area contributed by atoms with Crippen molar-refractivity contribution in [1.29, 1.82) is 0 Å². The zero-order valence-corrected chi connectivity index (χ0v) is 14.4. The van der Waals surface area contributed by atoms with Crippen LogP contribution in [0.3, 0.4) is 0 Å². The summed E-state index contributed by atoms with van der Waals surface area (Å²) in [6.45, 7) is 3.45. The lowest BCUT2D eigenvalue weighted by Gasteiger charge is -2.13. The molecule has 0 N–H and O–H groups in total. The molecule has 0 spiro atoms. The molecule has 5 nitrogen and oxygen atoms in total. The third-order valence-electron chi connectivity index (χ3n) is 3.09. The topological polar surface area (TPSA) is 69.2 Å². The molecule has 0 saturated carbocycles. The predicted molar refractivity (Wildman–Crippen MR) is 89.2 cm³/mol. The number of thioether (sulfide) groups is 1. The molecule has 1 unspecified atom stereocenters. The Morgan fingerprint density at radius 3 is 2.52 bits per heavy atom. The number of rotatable bonds is 5. The fourth-order valence-electron chi connectivity index (χ4n) is 1.81. The van der Waals surface area contributed by atoms with Crippen molar-refractivity contribution in [2.45, 2.75) is 25.1 Å². The number of esters is 1. The van der Waals surface area contributed by atoms with Gasteiger partial charge < -0.3 is 4.74 Å². The Hall–Kier alpha value is -1.92. The minimum absolute atomic E-state index is 0.0467. The van der Waals surface area contributed by atoms with E-state index in [1.165, 1.54) is 24.9 Å². The number of halogens is 1. The summed E-state index contributed by atoms with van der Waals surface area (Å²) in [6, 6.07) is 7.05. The molecule has 2 aromatic rings. The molecular weight excluding hydrogens is 336 g/mol. The van der Waals surface area contributed by atoms with Crippen LogP contribution in [0.25, 0.3) is 0 Å². The molecule has 0 aliphatic heterocycles. The quantitative estimate of drug-likeness (QED) is 0.355. The number of carbonyl (C=O) groups is 2. The Morgan fingerprint density at radius 2 is 1.91 bits per heavy atom. The largest absolute Gasteiger partial charge is 0.449 e. The van der Waals surface area contributed by atoms with Gasteiger partial charge >= 0.3 is 5.97 Å². The molecule has 23 heavy (non-hydrogen) atoms. The summed E-state index contributed by atoms with van der Waals surface area (Å²) in [7, 11) is 0. The number of ether oxygens (including phenoxy) is 1. The van der Waals surface area contributed by atoms with E-state index in [9.17, 15) is 9.59 Å². The maximum atomic E-state index is 12.3. The van der Waals surface area contributed by atoms with E-state index < -0.39 is 12.1 Å². The van der Waals surface area contributed by atoms with Crippen LogP contribution in [0, 0.1) is 6.92 Å². The molecule has 120 valence electrons. The van der Waals surface area contributed by atoms with E-state index in [0.717, 1.165) is 5.56 Å². The van der Waals surface area contributed by atoms with Gasteiger partial charge in [0, 0.05) is 5.56 Å². The number of ketones is 1. The molecule has 0 bridgehead atoms. The number of aromatic nitrogens is 2. The van der Waals surface area contributed by atoms with Crippen molar-refractivity contribution in [2.24, 2.45) is 0 Å². The van der Waals surface area contributed by atoms with Gasteiger partial charge in [-0.25, -0.2) is 14.8 Å². The molecule has 0 radical (unpaired) electrons. The SMILES string of the molecule is CSc1ncc(Cl)c(C(=O)OC(C)C(=O)c2ccc(C)cc2)n1. The third kappa shape index (κ3) is 4.30. The molecular formula is C16H15ClN2O3S. The van der Waals surface area contributed by atoms with Crippen LogP contribution in [-0.4, -0.2) is 34.1 Å². The van der Waals surface area contributed by atoms with Gasteiger partial charge in [-0.05, 0) is 20.1 Å². The molecule has 0 aliphatic carbocycles. The van der Waals surface area contributed by atoms with E-state index in [-0.39, 0.29) is 16.5 Å². The van der Waals surface area contributed by atoms with Crippen LogP contribution in [0.5, 0.6) is 0 Å². The van der Waals surface area contributed by atoms with Gasteiger partial charge in [0.1, 0.15) is 0 Å². The normalized spacial score (nSPS) is 11.8. The first-order valence-electron chi connectivity index (χ1n) is 6.80. The molecule has 0 amide bonds. The van der Waals surface area contributed by atoms with Crippen LogP contribution in [-0.2, 0) is 4.74 Å². The number of nitrogens with zero attached hydrogens (tertiary/aromatic N) is 2. The van der Waals surface area contributed by atoms with Crippen LogP contribution < -0.4 is 0 Å². The number of benzene rings is 1. The molecule has 0 fully saturated rings. The maximum Gasteiger partial charge on any atom is 0.359 e. The summed E-state index contributed by atoms with van der Waals surface area (Å²) in [5, 5.41) is 0.488. The van der Waals surface area contributed by atoms with Crippen molar-refractivity contribution in [3.8, 4) is 0 Å². The highest BCUT2D eigenvalue weighted by Crippen LogP contribution is 2.18. The van der Waals surface area contributed by atoms with Crippen LogP contribution in [0.1, 0.15) is 33.3 Å². The lowest BCUT2D eigenvalue weighted by atomic mass is 10.1. The zero-order chi connectivity index (χ0) is 17.0. The van der Waals surface area contributed by atoms with Crippen LogP contribution in [0.15, 0.2) is 35.6 Å². The van der Waals surface area contributed by atoms with E-state index in [0.29, 0.717) is 10.7 Å². The summed E-state index contributed by atoms with van der Waals surface area (Å²) < 4.78 is 5.19.